The summed E-state index contributed by atoms with van der Waals surface area (Å²) in [6.45, 7) is 8.68. The molecule has 1 atom stereocenters. The van der Waals surface area contributed by atoms with Crippen molar-refractivity contribution in [3.63, 3.8) is 0 Å². The number of allylic oxidation sites excluding steroid dienone is 1. The summed E-state index contributed by atoms with van der Waals surface area (Å²) < 4.78 is 0. The molecule has 0 heterocycles. The monoisotopic (exact) mass is 295 g/mol. The average Bonchev–Trinajstić information content (AvgIpc) is 2.97. The van der Waals surface area contributed by atoms with Crippen molar-refractivity contribution in [2.75, 3.05) is 26.2 Å². The third kappa shape index (κ3) is 9.31. The Morgan fingerprint density at radius 2 is 1.86 bits per heavy atom. The highest BCUT2D eigenvalue weighted by Gasteiger charge is 2.19. The molecule has 1 saturated carbocycles. The second-order valence-corrected chi connectivity index (χ2v) is 6.86. The van der Waals surface area contributed by atoms with E-state index in [1.54, 1.807) is 0 Å². The van der Waals surface area contributed by atoms with E-state index < -0.39 is 0 Å². The van der Waals surface area contributed by atoms with Gasteiger partial charge < -0.3 is 10.0 Å². The maximum Gasteiger partial charge on any atom is 0.0431 e. The average molecular weight is 296 g/mol. The van der Waals surface area contributed by atoms with Gasteiger partial charge in [-0.15, -0.1) is 0 Å². The Labute approximate surface area is 132 Å². The lowest BCUT2D eigenvalue weighted by Crippen LogP contribution is -2.33. The maximum absolute atomic E-state index is 8.85. The highest BCUT2D eigenvalue weighted by Crippen LogP contribution is 2.26. The Kier molecular flexibility index (Phi) is 10.9. The lowest BCUT2D eigenvalue weighted by Gasteiger charge is -2.27. The number of aliphatic hydroxyl groups excluding tert-OH is 1. The van der Waals surface area contributed by atoms with Gasteiger partial charge in [-0.2, -0.15) is 0 Å². The fraction of sp³-hybridized carbons (Fsp3) is 0.895. The first-order valence-corrected chi connectivity index (χ1v) is 9.26. The van der Waals surface area contributed by atoms with E-state index in [1.807, 2.05) is 0 Å². The van der Waals surface area contributed by atoms with Crippen LogP contribution in [-0.2, 0) is 0 Å². The van der Waals surface area contributed by atoms with Crippen LogP contribution >= 0.6 is 0 Å². The van der Waals surface area contributed by atoms with Crippen LogP contribution in [0.3, 0.4) is 0 Å². The SMILES string of the molecule is CC/C=C\[C@H](C)CN(CCCCCCO)CC1CCCC1. The summed E-state index contributed by atoms with van der Waals surface area (Å²) in [5.41, 5.74) is 0. The standard InChI is InChI=1S/C19H37NO/c1-3-4-11-18(2)16-20(14-9-5-6-10-15-21)17-19-12-7-8-13-19/h4,11,18-19,21H,3,5-10,12-17H2,1-2H3/b11-4-/t18-/m0/s1. The molecule has 1 fully saturated rings. The van der Waals surface area contributed by atoms with Crippen LogP contribution in [0.5, 0.6) is 0 Å². The molecular formula is C19H37NO. The largest absolute Gasteiger partial charge is 0.396 e. The van der Waals surface area contributed by atoms with Crippen molar-refractivity contribution in [3.8, 4) is 0 Å². The first-order valence-electron chi connectivity index (χ1n) is 9.26. The predicted molar refractivity (Wildman–Crippen MR) is 92.5 cm³/mol. The minimum Gasteiger partial charge on any atom is -0.396 e. The van der Waals surface area contributed by atoms with Gasteiger partial charge in [0.25, 0.3) is 0 Å². The Morgan fingerprint density at radius 3 is 2.52 bits per heavy atom. The van der Waals surface area contributed by atoms with E-state index in [9.17, 15) is 0 Å². The van der Waals surface area contributed by atoms with Crippen LogP contribution in [0.25, 0.3) is 0 Å². The van der Waals surface area contributed by atoms with E-state index in [-0.39, 0.29) is 0 Å². The van der Waals surface area contributed by atoms with E-state index in [4.69, 9.17) is 5.11 Å². The summed E-state index contributed by atoms with van der Waals surface area (Å²) in [6, 6.07) is 0. The van der Waals surface area contributed by atoms with Gasteiger partial charge in [0.15, 0.2) is 0 Å². The van der Waals surface area contributed by atoms with Crippen LogP contribution in [0.2, 0.25) is 0 Å². The minimum absolute atomic E-state index is 0.352. The summed E-state index contributed by atoms with van der Waals surface area (Å²) in [6.07, 6.45) is 16.3. The first kappa shape index (κ1) is 18.7. The molecule has 1 aliphatic carbocycles. The zero-order valence-corrected chi connectivity index (χ0v) is 14.4. The normalized spacial score (nSPS) is 18.1. The van der Waals surface area contributed by atoms with Crippen molar-refractivity contribution >= 4 is 0 Å². The molecular weight excluding hydrogens is 258 g/mol. The minimum atomic E-state index is 0.352. The molecule has 0 amide bonds. The van der Waals surface area contributed by atoms with Gasteiger partial charge >= 0.3 is 0 Å². The Morgan fingerprint density at radius 1 is 1.14 bits per heavy atom. The van der Waals surface area contributed by atoms with Crippen molar-refractivity contribution < 1.29 is 5.11 Å². The number of rotatable bonds is 12. The molecule has 0 aromatic carbocycles. The third-order valence-electron chi connectivity index (χ3n) is 4.62. The highest BCUT2D eigenvalue weighted by atomic mass is 16.2. The molecule has 0 aromatic rings. The second kappa shape index (κ2) is 12.2. The number of hydrogen-bond donors (Lipinski definition) is 1. The summed E-state index contributed by atoms with van der Waals surface area (Å²) in [4.78, 5) is 2.71. The number of aliphatic hydroxyl groups is 1. The molecule has 0 unspecified atom stereocenters. The van der Waals surface area contributed by atoms with Gasteiger partial charge in [-0.1, -0.05) is 51.7 Å². The molecule has 0 bridgehead atoms. The van der Waals surface area contributed by atoms with Gasteiger partial charge in [0.05, 0.1) is 0 Å². The van der Waals surface area contributed by atoms with Crippen molar-refractivity contribution in [2.24, 2.45) is 11.8 Å². The molecule has 2 nitrogen and oxygen atoms in total. The molecule has 1 rings (SSSR count). The first-order chi connectivity index (χ1) is 10.3. The molecule has 0 saturated heterocycles. The molecule has 21 heavy (non-hydrogen) atoms. The van der Waals surface area contributed by atoms with Gasteiger partial charge in [-0.25, -0.2) is 0 Å². The van der Waals surface area contributed by atoms with E-state index >= 15 is 0 Å². The summed E-state index contributed by atoms with van der Waals surface area (Å²) >= 11 is 0. The summed E-state index contributed by atoms with van der Waals surface area (Å²) in [5.74, 6) is 1.62. The Hall–Kier alpha value is -0.340. The maximum atomic E-state index is 8.85. The third-order valence-corrected chi connectivity index (χ3v) is 4.62. The lowest BCUT2D eigenvalue weighted by atomic mass is 10.0. The van der Waals surface area contributed by atoms with Crippen molar-refractivity contribution in [1.29, 1.82) is 0 Å². The lowest BCUT2D eigenvalue weighted by molar-refractivity contribution is 0.210. The Bertz CT molecular complexity index is 258. The molecule has 1 aliphatic rings. The molecule has 1 N–H and O–H groups in total. The summed E-state index contributed by atoms with van der Waals surface area (Å²) in [7, 11) is 0. The van der Waals surface area contributed by atoms with Crippen LogP contribution in [0.4, 0.5) is 0 Å². The molecule has 0 radical (unpaired) electrons. The van der Waals surface area contributed by atoms with Crippen LogP contribution in [0, 0.1) is 11.8 Å². The van der Waals surface area contributed by atoms with Crippen molar-refractivity contribution in [3.05, 3.63) is 12.2 Å². The molecule has 124 valence electrons. The van der Waals surface area contributed by atoms with E-state index in [1.165, 1.54) is 64.6 Å². The number of unbranched alkanes of at least 4 members (excludes halogenated alkanes) is 3. The zero-order valence-electron chi connectivity index (χ0n) is 14.4. The van der Waals surface area contributed by atoms with Gasteiger partial charge in [0, 0.05) is 19.7 Å². The molecule has 2 heteroatoms. The van der Waals surface area contributed by atoms with E-state index in [0.717, 1.165) is 18.8 Å². The van der Waals surface area contributed by atoms with Gasteiger partial charge in [0.2, 0.25) is 0 Å². The van der Waals surface area contributed by atoms with Crippen LogP contribution in [0.1, 0.15) is 71.6 Å². The van der Waals surface area contributed by atoms with Crippen LogP contribution < -0.4 is 0 Å². The Balaban J connectivity index is 2.31. The van der Waals surface area contributed by atoms with Gasteiger partial charge in [-0.05, 0) is 50.5 Å². The van der Waals surface area contributed by atoms with Crippen LogP contribution in [-0.4, -0.2) is 36.2 Å². The molecule has 0 aromatic heterocycles. The smallest absolute Gasteiger partial charge is 0.0431 e. The fourth-order valence-electron chi connectivity index (χ4n) is 3.45. The highest BCUT2D eigenvalue weighted by molar-refractivity contribution is 4.87. The van der Waals surface area contributed by atoms with E-state index in [2.05, 4.69) is 30.9 Å². The van der Waals surface area contributed by atoms with Crippen molar-refractivity contribution in [2.45, 2.75) is 71.6 Å². The topological polar surface area (TPSA) is 23.5 Å². The van der Waals surface area contributed by atoms with Crippen molar-refractivity contribution in [1.82, 2.24) is 4.90 Å². The summed E-state index contributed by atoms with van der Waals surface area (Å²) in [5, 5.41) is 8.85. The predicted octanol–water partition coefficient (Wildman–Crippen LogP) is 4.63. The van der Waals surface area contributed by atoms with Gasteiger partial charge in [0.1, 0.15) is 0 Å². The number of hydrogen-bond acceptors (Lipinski definition) is 2. The quantitative estimate of drug-likeness (QED) is 0.419. The second-order valence-electron chi connectivity index (χ2n) is 6.86. The van der Waals surface area contributed by atoms with Crippen LogP contribution in [0.15, 0.2) is 12.2 Å². The number of nitrogens with zero attached hydrogens (tertiary/aromatic N) is 1. The van der Waals surface area contributed by atoms with E-state index in [0.29, 0.717) is 12.5 Å². The molecule has 0 spiro atoms. The van der Waals surface area contributed by atoms with Gasteiger partial charge in [-0.3, -0.25) is 0 Å². The molecule has 0 aliphatic heterocycles. The fourth-order valence-corrected chi connectivity index (χ4v) is 3.45. The zero-order chi connectivity index (χ0) is 15.3.